The van der Waals surface area contributed by atoms with Crippen molar-refractivity contribution in [1.29, 1.82) is 0 Å². The molecule has 16 heteroatoms. The first-order valence-electron chi connectivity index (χ1n) is 2.12. The van der Waals surface area contributed by atoms with Gasteiger partial charge in [0.15, 0.2) is 0 Å². The maximum absolute atomic E-state index is 9.38. The predicted octanol–water partition coefficient (Wildman–Crippen LogP) is -3.10. The van der Waals surface area contributed by atoms with Crippen molar-refractivity contribution in [2.24, 2.45) is 0 Å². The molecular weight excluding hydrogens is 339 g/mol. The molecule has 0 atom stereocenters. The first kappa shape index (κ1) is 25.1. The first-order chi connectivity index (χ1) is 5.71. The molecule has 11 N–H and O–H groups in total. The van der Waals surface area contributed by atoms with Crippen LogP contribution in [-0.2, 0) is 49.8 Å². The second-order valence-electron chi connectivity index (χ2n) is 1.40. The SMILES string of the molecule is O=P(O)(O)O.[NH4+].[NH4+].[O]=[Cr](=[O])([O-])[O][Cr](=[O])(=[O])[O-]. The first-order valence-corrected chi connectivity index (χ1v) is 7.85. The Hall–Kier alpha value is 0.175. The van der Waals surface area contributed by atoms with Gasteiger partial charge in [0.1, 0.15) is 0 Å². The van der Waals surface area contributed by atoms with Gasteiger partial charge in [-0.1, -0.05) is 0 Å². The topological polar surface area (TPSA) is 274 Å². The molecule has 0 rings (SSSR count). The molecule has 0 aliphatic rings. The van der Waals surface area contributed by atoms with Crippen molar-refractivity contribution >= 4 is 7.82 Å². The van der Waals surface area contributed by atoms with E-state index in [2.05, 4.69) is 2.84 Å². The van der Waals surface area contributed by atoms with E-state index in [-0.39, 0.29) is 12.3 Å². The molecule has 0 radical (unpaired) electrons. The van der Waals surface area contributed by atoms with Crippen LogP contribution in [0.3, 0.4) is 0 Å². The van der Waals surface area contributed by atoms with Crippen molar-refractivity contribution in [3.05, 3.63) is 0 Å². The van der Waals surface area contributed by atoms with Gasteiger partial charge in [-0.15, -0.1) is 0 Å². The second-order valence-corrected chi connectivity index (χ2v) is 6.06. The van der Waals surface area contributed by atoms with Crippen molar-refractivity contribution in [3.8, 4) is 0 Å². The van der Waals surface area contributed by atoms with Gasteiger partial charge in [-0.25, -0.2) is 4.57 Å². The van der Waals surface area contributed by atoms with E-state index in [0.29, 0.717) is 0 Å². The Labute approximate surface area is 93.2 Å². The molecule has 0 aliphatic carbocycles. The normalized spacial score (nSPS) is 11.3. The van der Waals surface area contributed by atoms with Crippen LogP contribution in [0.1, 0.15) is 0 Å². The summed E-state index contributed by atoms with van der Waals surface area (Å²) in [6, 6.07) is 0. The molecule has 0 aliphatic heterocycles. The van der Waals surface area contributed by atoms with Gasteiger partial charge in [0, 0.05) is 0 Å². The van der Waals surface area contributed by atoms with Crippen molar-refractivity contribution in [1.82, 2.24) is 12.3 Å². The fraction of sp³-hybridized carbons (Fsp3) is 0. The van der Waals surface area contributed by atoms with E-state index < -0.39 is 35.1 Å². The summed E-state index contributed by atoms with van der Waals surface area (Å²) < 4.78 is 67.8. The molecule has 0 aromatic carbocycles. The number of hydrogen-bond acceptors (Lipinski definition) is 8. The van der Waals surface area contributed by atoms with Crippen LogP contribution in [-0.4, -0.2) is 14.7 Å². The quantitative estimate of drug-likeness (QED) is 0.311. The molecule has 0 spiro atoms. The third-order valence-corrected chi connectivity index (χ3v) is 2.83. The van der Waals surface area contributed by atoms with Crippen molar-refractivity contribution < 1.29 is 72.8 Å². The van der Waals surface area contributed by atoms with E-state index in [1.165, 1.54) is 0 Å². The zero-order valence-electron chi connectivity index (χ0n) is 7.87. The van der Waals surface area contributed by atoms with Crippen LogP contribution in [0, 0.1) is 0 Å². The number of hydrogen-bond donors (Lipinski definition) is 5. The summed E-state index contributed by atoms with van der Waals surface area (Å²) in [5.41, 5.74) is 0. The summed E-state index contributed by atoms with van der Waals surface area (Å²) in [5, 5.41) is 0. The molecule has 0 saturated carbocycles. The number of phosphoric acid groups is 1. The Morgan fingerprint density at radius 2 is 1.00 bits per heavy atom. The van der Waals surface area contributed by atoms with Gasteiger partial charge in [0.2, 0.25) is 0 Å². The van der Waals surface area contributed by atoms with Gasteiger partial charge in [-0.2, -0.15) is 0 Å². The van der Waals surface area contributed by atoms with Crippen LogP contribution >= 0.6 is 7.82 Å². The Balaban J connectivity index is -0.0000000904. The van der Waals surface area contributed by atoms with Gasteiger partial charge < -0.3 is 27.0 Å². The van der Waals surface area contributed by atoms with Crippen molar-refractivity contribution in [2.45, 2.75) is 0 Å². The summed E-state index contributed by atoms with van der Waals surface area (Å²) in [7, 11) is -4.64. The molecule has 0 aromatic heterocycles. The van der Waals surface area contributed by atoms with Gasteiger partial charge in [-0.3, -0.25) is 0 Å². The third kappa shape index (κ3) is 64.5. The van der Waals surface area contributed by atoms with E-state index in [4.69, 9.17) is 19.2 Å². The van der Waals surface area contributed by atoms with Crippen LogP contribution in [0.4, 0.5) is 0 Å². The Morgan fingerprint density at radius 1 is 0.875 bits per heavy atom. The van der Waals surface area contributed by atoms with Crippen molar-refractivity contribution in [2.75, 3.05) is 0 Å². The van der Waals surface area contributed by atoms with Crippen LogP contribution in [0.2, 0.25) is 0 Å². The fourth-order valence-corrected chi connectivity index (χ4v) is 1.74. The van der Waals surface area contributed by atoms with E-state index in [0.717, 1.165) is 0 Å². The standard InChI is InChI=1S/2Cr.2H3N.H3O4P.7O/c;;;;1-5(2,3)4;;;;;;;/h;;2*1H3;(H3,1,2,3,4);;;;;;;/q;;;;;;;;;;2*-1/p+2. The number of quaternary nitrogens is 2. The summed E-state index contributed by atoms with van der Waals surface area (Å²) in [6.45, 7) is 0. The summed E-state index contributed by atoms with van der Waals surface area (Å²) >= 11 is -12.1. The molecule has 104 valence electrons. The molecule has 0 amide bonds. The van der Waals surface area contributed by atoms with Gasteiger partial charge in [0.25, 0.3) is 0 Å². The molecule has 0 aromatic rings. The van der Waals surface area contributed by atoms with Crippen LogP contribution in [0.25, 0.3) is 0 Å². The predicted molar refractivity (Wildman–Crippen MR) is 30.1 cm³/mol. The molecule has 0 heterocycles. The van der Waals surface area contributed by atoms with Gasteiger partial charge in [-0.05, 0) is 0 Å². The zero-order chi connectivity index (χ0) is 12.2. The fourth-order valence-electron chi connectivity index (χ4n) is 0.102. The molecule has 13 nitrogen and oxygen atoms in total. The number of rotatable bonds is 2. The van der Waals surface area contributed by atoms with Crippen molar-refractivity contribution in [3.63, 3.8) is 0 Å². The Kier molecular flexibility index (Phi) is 13.0. The summed E-state index contributed by atoms with van der Waals surface area (Å²) in [6.07, 6.45) is 0. The van der Waals surface area contributed by atoms with E-state index in [1.54, 1.807) is 0 Å². The van der Waals surface area contributed by atoms with Crippen LogP contribution < -0.4 is 20.6 Å². The maximum atomic E-state index is 9.38. The van der Waals surface area contributed by atoms with Gasteiger partial charge in [0.05, 0.1) is 0 Å². The van der Waals surface area contributed by atoms with Crippen LogP contribution in [0.15, 0.2) is 0 Å². The second kappa shape index (κ2) is 8.29. The van der Waals surface area contributed by atoms with E-state index >= 15 is 0 Å². The molecule has 0 bridgehead atoms. The molecule has 0 saturated heterocycles. The average molecular weight is 350 g/mol. The Morgan fingerprint density at radius 3 is 1.00 bits per heavy atom. The summed E-state index contributed by atoms with van der Waals surface area (Å²) in [4.78, 5) is 21.6. The Bertz CT molecular complexity index is 359. The van der Waals surface area contributed by atoms with Gasteiger partial charge >= 0.3 is 61.4 Å². The van der Waals surface area contributed by atoms with E-state index in [9.17, 15) is 23.5 Å². The summed E-state index contributed by atoms with van der Waals surface area (Å²) in [5.74, 6) is 0. The molecule has 16 heavy (non-hydrogen) atoms. The molecule has 0 unspecified atom stereocenters. The third-order valence-electron chi connectivity index (χ3n) is 0.167. The zero-order valence-corrected chi connectivity index (χ0v) is 11.3. The molecular formula is H11Cr2N2O11P. The average Bonchev–Trinajstić information content (AvgIpc) is 1.42. The minimum atomic E-state index is -6.07. The minimum absolute atomic E-state index is 0. The molecule has 0 fully saturated rings. The van der Waals surface area contributed by atoms with Crippen LogP contribution in [0.5, 0.6) is 0 Å². The monoisotopic (exact) mass is 350 g/mol. The van der Waals surface area contributed by atoms with E-state index in [1.807, 2.05) is 0 Å².